The zero-order chi connectivity index (χ0) is 11.3. The fraction of sp³-hybridized carbons (Fsp3) is 0.917. The molecule has 0 aromatic rings. The lowest BCUT2D eigenvalue weighted by atomic mass is 10.1. The largest absolute Gasteiger partial charge is 0.345 e. The Morgan fingerprint density at radius 3 is 2.60 bits per heavy atom. The predicted molar refractivity (Wildman–Crippen MR) is 62.5 cm³/mol. The lowest BCUT2D eigenvalue weighted by Gasteiger charge is -2.21. The fourth-order valence-corrected chi connectivity index (χ4v) is 2.22. The predicted octanol–water partition coefficient (Wildman–Crippen LogP) is 1.76. The van der Waals surface area contributed by atoms with Crippen LogP contribution in [-0.2, 0) is 4.79 Å². The van der Waals surface area contributed by atoms with Gasteiger partial charge in [-0.15, -0.1) is 0 Å². The monoisotopic (exact) mass is 212 g/mol. The molecule has 0 aliphatic heterocycles. The molecule has 0 radical (unpaired) electrons. The summed E-state index contributed by atoms with van der Waals surface area (Å²) in [6, 6.07) is 0.133. The summed E-state index contributed by atoms with van der Waals surface area (Å²) in [5.74, 6) is 0.994. The minimum atomic E-state index is 0.133. The SMILES string of the molecule is CC(N)CCC(=O)N(C)CC1CCCC1. The maximum absolute atomic E-state index is 11.7. The Kier molecular flexibility index (Phi) is 5.09. The van der Waals surface area contributed by atoms with Gasteiger partial charge < -0.3 is 10.6 Å². The Morgan fingerprint density at radius 1 is 1.47 bits per heavy atom. The van der Waals surface area contributed by atoms with E-state index in [1.807, 2.05) is 18.9 Å². The highest BCUT2D eigenvalue weighted by atomic mass is 16.2. The van der Waals surface area contributed by atoms with Crippen molar-refractivity contribution in [3.05, 3.63) is 0 Å². The van der Waals surface area contributed by atoms with E-state index in [4.69, 9.17) is 5.73 Å². The molecule has 1 rings (SSSR count). The molecule has 0 aromatic carbocycles. The number of rotatable bonds is 5. The highest BCUT2D eigenvalue weighted by Gasteiger charge is 2.19. The molecule has 2 N–H and O–H groups in total. The molecule has 0 spiro atoms. The van der Waals surface area contributed by atoms with E-state index in [0.717, 1.165) is 18.9 Å². The summed E-state index contributed by atoms with van der Waals surface area (Å²) in [5.41, 5.74) is 5.63. The average Bonchev–Trinajstić information content (AvgIpc) is 2.66. The second-order valence-corrected chi connectivity index (χ2v) is 4.94. The van der Waals surface area contributed by atoms with Crippen LogP contribution in [0.4, 0.5) is 0 Å². The number of nitrogens with zero attached hydrogens (tertiary/aromatic N) is 1. The molecule has 1 saturated carbocycles. The normalized spacial score (nSPS) is 19.1. The second kappa shape index (κ2) is 6.11. The number of hydrogen-bond acceptors (Lipinski definition) is 2. The van der Waals surface area contributed by atoms with E-state index in [0.29, 0.717) is 6.42 Å². The van der Waals surface area contributed by atoms with Crippen molar-refractivity contribution in [2.45, 2.75) is 51.5 Å². The van der Waals surface area contributed by atoms with Crippen molar-refractivity contribution in [1.82, 2.24) is 4.90 Å². The molecule has 1 aliphatic carbocycles. The molecule has 1 aliphatic rings. The Labute approximate surface area is 93.0 Å². The first kappa shape index (κ1) is 12.5. The van der Waals surface area contributed by atoms with Gasteiger partial charge in [0.25, 0.3) is 0 Å². The topological polar surface area (TPSA) is 46.3 Å². The van der Waals surface area contributed by atoms with E-state index in [1.165, 1.54) is 25.7 Å². The molecule has 88 valence electrons. The van der Waals surface area contributed by atoms with Crippen LogP contribution in [0.1, 0.15) is 45.4 Å². The van der Waals surface area contributed by atoms with Gasteiger partial charge in [0.05, 0.1) is 0 Å². The van der Waals surface area contributed by atoms with Gasteiger partial charge in [-0.05, 0) is 32.1 Å². The zero-order valence-corrected chi connectivity index (χ0v) is 10.0. The van der Waals surface area contributed by atoms with Crippen LogP contribution < -0.4 is 5.73 Å². The molecule has 0 aromatic heterocycles. The van der Waals surface area contributed by atoms with Gasteiger partial charge in [-0.3, -0.25) is 4.79 Å². The fourth-order valence-electron chi connectivity index (χ4n) is 2.22. The third-order valence-electron chi connectivity index (χ3n) is 3.25. The first-order valence-corrected chi connectivity index (χ1v) is 6.09. The third-order valence-corrected chi connectivity index (χ3v) is 3.25. The Morgan fingerprint density at radius 2 is 2.07 bits per heavy atom. The summed E-state index contributed by atoms with van der Waals surface area (Å²) in [6.07, 6.45) is 6.67. The maximum atomic E-state index is 11.7. The summed E-state index contributed by atoms with van der Waals surface area (Å²) in [5, 5.41) is 0. The summed E-state index contributed by atoms with van der Waals surface area (Å²) < 4.78 is 0. The summed E-state index contributed by atoms with van der Waals surface area (Å²) in [6.45, 7) is 2.89. The number of hydrogen-bond donors (Lipinski definition) is 1. The summed E-state index contributed by atoms with van der Waals surface area (Å²) in [4.78, 5) is 13.6. The highest BCUT2D eigenvalue weighted by molar-refractivity contribution is 5.75. The Balaban J connectivity index is 2.19. The van der Waals surface area contributed by atoms with Gasteiger partial charge in [0.15, 0.2) is 0 Å². The number of amides is 1. The van der Waals surface area contributed by atoms with Crippen LogP contribution in [0, 0.1) is 5.92 Å². The van der Waals surface area contributed by atoms with Crippen molar-refractivity contribution >= 4 is 5.91 Å². The Hall–Kier alpha value is -0.570. The van der Waals surface area contributed by atoms with Crippen molar-refractivity contribution in [2.75, 3.05) is 13.6 Å². The van der Waals surface area contributed by atoms with Gasteiger partial charge in [0, 0.05) is 26.1 Å². The molecule has 3 nitrogen and oxygen atoms in total. The quantitative estimate of drug-likeness (QED) is 0.755. The number of nitrogens with two attached hydrogens (primary N) is 1. The van der Waals surface area contributed by atoms with Crippen molar-refractivity contribution in [3.8, 4) is 0 Å². The average molecular weight is 212 g/mol. The van der Waals surface area contributed by atoms with Crippen LogP contribution in [0.15, 0.2) is 0 Å². The smallest absolute Gasteiger partial charge is 0.222 e. The van der Waals surface area contributed by atoms with Gasteiger partial charge in [-0.25, -0.2) is 0 Å². The molecule has 3 heteroatoms. The molecular formula is C12H24N2O. The Bertz CT molecular complexity index is 198. The molecule has 0 heterocycles. The maximum Gasteiger partial charge on any atom is 0.222 e. The van der Waals surface area contributed by atoms with Gasteiger partial charge in [-0.1, -0.05) is 12.8 Å². The van der Waals surface area contributed by atoms with Crippen molar-refractivity contribution in [2.24, 2.45) is 11.7 Å². The lowest BCUT2D eigenvalue weighted by Crippen LogP contribution is -2.32. The molecule has 15 heavy (non-hydrogen) atoms. The minimum absolute atomic E-state index is 0.133. The van der Waals surface area contributed by atoms with Crippen LogP contribution in [0.5, 0.6) is 0 Å². The van der Waals surface area contributed by atoms with E-state index in [-0.39, 0.29) is 11.9 Å². The van der Waals surface area contributed by atoms with Crippen LogP contribution in [0.2, 0.25) is 0 Å². The second-order valence-electron chi connectivity index (χ2n) is 4.94. The molecule has 1 amide bonds. The van der Waals surface area contributed by atoms with E-state index < -0.39 is 0 Å². The minimum Gasteiger partial charge on any atom is -0.345 e. The zero-order valence-electron chi connectivity index (χ0n) is 10.0. The summed E-state index contributed by atoms with van der Waals surface area (Å²) >= 11 is 0. The van der Waals surface area contributed by atoms with Crippen LogP contribution in [-0.4, -0.2) is 30.4 Å². The highest BCUT2D eigenvalue weighted by Crippen LogP contribution is 2.25. The van der Waals surface area contributed by atoms with Crippen molar-refractivity contribution in [1.29, 1.82) is 0 Å². The van der Waals surface area contributed by atoms with E-state index >= 15 is 0 Å². The molecule has 1 fully saturated rings. The molecular weight excluding hydrogens is 188 g/mol. The molecule has 0 saturated heterocycles. The third kappa shape index (κ3) is 4.65. The van der Waals surface area contributed by atoms with Crippen molar-refractivity contribution in [3.63, 3.8) is 0 Å². The van der Waals surface area contributed by atoms with E-state index in [9.17, 15) is 4.79 Å². The first-order valence-electron chi connectivity index (χ1n) is 6.09. The lowest BCUT2D eigenvalue weighted by molar-refractivity contribution is -0.130. The number of carbonyl (C=O) groups excluding carboxylic acids is 1. The van der Waals surface area contributed by atoms with E-state index in [1.54, 1.807) is 0 Å². The first-order chi connectivity index (χ1) is 7.09. The molecule has 1 atom stereocenters. The van der Waals surface area contributed by atoms with Gasteiger partial charge in [0.2, 0.25) is 5.91 Å². The van der Waals surface area contributed by atoms with Crippen LogP contribution in [0.3, 0.4) is 0 Å². The van der Waals surface area contributed by atoms with E-state index in [2.05, 4.69) is 0 Å². The summed E-state index contributed by atoms with van der Waals surface area (Å²) in [7, 11) is 1.92. The number of carbonyl (C=O) groups is 1. The molecule has 0 bridgehead atoms. The standard InChI is InChI=1S/C12H24N2O/c1-10(13)7-8-12(15)14(2)9-11-5-3-4-6-11/h10-11H,3-9,13H2,1-2H3. The van der Waals surface area contributed by atoms with Crippen molar-refractivity contribution < 1.29 is 4.79 Å². The van der Waals surface area contributed by atoms with Crippen LogP contribution in [0.25, 0.3) is 0 Å². The molecule has 1 unspecified atom stereocenters. The van der Waals surface area contributed by atoms with Crippen LogP contribution >= 0.6 is 0 Å². The van der Waals surface area contributed by atoms with Gasteiger partial charge >= 0.3 is 0 Å². The van der Waals surface area contributed by atoms with Gasteiger partial charge in [-0.2, -0.15) is 0 Å². The van der Waals surface area contributed by atoms with Gasteiger partial charge in [0.1, 0.15) is 0 Å².